The molecule has 0 amide bonds. The number of aliphatic hydroxyl groups excluding tert-OH is 1. The second kappa shape index (κ2) is 9.02. The summed E-state index contributed by atoms with van der Waals surface area (Å²) in [6.07, 6.45) is 5.02. The fourth-order valence-corrected chi connectivity index (χ4v) is 2.93. The van der Waals surface area contributed by atoms with Crippen LogP contribution in [0.25, 0.3) is 0 Å². The van der Waals surface area contributed by atoms with Crippen molar-refractivity contribution in [2.45, 2.75) is 51.2 Å². The van der Waals surface area contributed by atoms with Gasteiger partial charge in [0.2, 0.25) is 0 Å². The monoisotopic (exact) mass is 340 g/mol. The average Bonchev–Trinajstić information content (AvgIpc) is 3.45. The van der Waals surface area contributed by atoms with Gasteiger partial charge in [0.15, 0.2) is 0 Å². The fourth-order valence-electron chi connectivity index (χ4n) is 2.93. The lowest BCUT2D eigenvalue weighted by Crippen LogP contribution is -2.16. The molecule has 1 aliphatic rings. The molecule has 0 bridgehead atoms. The highest BCUT2D eigenvalue weighted by Crippen LogP contribution is 2.19. The zero-order valence-electron chi connectivity index (χ0n) is 15.0. The summed E-state index contributed by atoms with van der Waals surface area (Å²) in [6.45, 7) is 3.36. The molecule has 134 valence electrons. The van der Waals surface area contributed by atoms with Crippen molar-refractivity contribution >= 4 is 0 Å². The minimum Gasteiger partial charge on any atom is -0.491 e. The van der Waals surface area contributed by atoms with Crippen LogP contribution in [0.4, 0.5) is 0 Å². The molecule has 2 aromatic carbocycles. The molecular formula is C22H28O3. The summed E-state index contributed by atoms with van der Waals surface area (Å²) in [5.41, 5.74) is 3.97. The molecule has 0 saturated carbocycles. The predicted octanol–water partition coefficient (Wildman–Crippen LogP) is 4.15. The third kappa shape index (κ3) is 6.18. The van der Waals surface area contributed by atoms with Gasteiger partial charge in [-0.15, -0.1) is 0 Å². The maximum Gasteiger partial charge on any atom is 0.119 e. The quantitative estimate of drug-likeness (QED) is 0.661. The smallest absolute Gasteiger partial charge is 0.119 e. The van der Waals surface area contributed by atoms with E-state index in [4.69, 9.17) is 9.47 Å². The molecule has 1 heterocycles. The molecule has 3 rings (SSSR count). The summed E-state index contributed by atoms with van der Waals surface area (Å²) in [4.78, 5) is 0. The van der Waals surface area contributed by atoms with E-state index in [9.17, 15) is 5.11 Å². The number of ether oxygens (including phenoxy) is 2. The van der Waals surface area contributed by atoms with E-state index in [1.54, 1.807) is 0 Å². The standard InChI is InChI=1S/C22H28O3/c1-2-3-20(23)15-24-21-11-9-19(10-12-21)14-18-6-4-17(5-7-18)8-13-22-16-25-22/h4-7,9-12,20,22-23H,2-3,8,13-16H2,1H3. The molecule has 25 heavy (non-hydrogen) atoms. The van der Waals surface area contributed by atoms with Gasteiger partial charge in [0.25, 0.3) is 0 Å². The highest BCUT2D eigenvalue weighted by Gasteiger charge is 2.21. The van der Waals surface area contributed by atoms with Crippen LogP contribution in [0, 0.1) is 0 Å². The van der Waals surface area contributed by atoms with Gasteiger partial charge in [-0.05, 0) is 54.5 Å². The van der Waals surface area contributed by atoms with Gasteiger partial charge >= 0.3 is 0 Å². The first-order valence-electron chi connectivity index (χ1n) is 9.32. The Labute approximate surface area is 150 Å². The molecule has 2 unspecified atom stereocenters. The highest BCUT2D eigenvalue weighted by molar-refractivity contribution is 5.32. The molecule has 3 nitrogen and oxygen atoms in total. The summed E-state index contributed by atoms with van der Waals surface area (Å²) in [5, 5.41) is 9.72. The van der Waals surface area contributed by atoms with Crippen LogP contribution >= 0.6 is 0 Å². The van der Waals surface area contributed by atoms with E-state index in [1.165, 1.54) is 16.7 Å². The van der Waals surface area contributed by atoms with Crippen molar-refractivity contribution < 1.29 is 14.6 Å². The van der Waals surface area contributed by atoms with Crippen molar-refractivity contribution in [1.29, 1.82) is 0 Å². The van der Waals surface area contributed by atoms with Gasteiger partial charge in [0.1, 0.15) is 12.4 Å². The molecule has 3 heteroatoms. The van der Waals surface area contributed by atoms with Crippen LogP contribution in [0.3, 0.4) is 0 Å². The summed E-state index contributed by atoms with van der Waals surface area (Å²) < 4.78 is 10.9. The third-order valence-electron chi connectivity index (χ3n) is 4.58. The van der Waals surface area contributed by atoms with Gasteiger partial charge in [-0.1, -0.05) is 49.7 Å². The second-order valence-electron chi connectivity index (χ2n) is 6.88. The Kier molecular flexibility index (Phi) is 6.48. The number of epoxide rings is 1. The topological polar surface area (TPSA) is 42.0 Å². The van der Waals surface area contributed by atoms with Crippen LogP contribution in [0.1, 0.15) is 42.9 Å². The van der Waals surface area contributed by atoms with Crippen LogP contribution < -0.4 is 4.74 Å². The van der Waals surface area contributed by atoms with Crippen LogP contribution in [0.5, 0.6) is 5.75 Å². The summed E-state index contributed by atoms with van der Waals surface area (Å²) in [6, 6.07) is 17.0. The minimum absolute atomic E-state index is 0.362. The minimum atomic E-state index is -0.380. The predicted molar refractivity (Wildman–Crippen MR) is 100 cm³/mol. The van der Waals surface area contributed by atoms with Gasteiger partial charge in [-0.25, -0.2) is 0 Å². The normalized spacial score (nSPS) is 17.3. The Morgan fingerprint density at radius 2 is 1.64 bits per heavy atom. The summed E-state index contributed by atoms with van der Waals surface area (Å²) in [5.74, 6) is 0.816. The number of rotatable bonds is 10. The van der Waals surface area contributed by atoms with Crippen molar-refractivity contribution in [1.82, 2.24) is 0 Å². The molecule has 2 aromatic rings. The maximum absolute atomic E-state index is 9.72. The van der Waals surface area contributed by atoms with Crippen molar-refractivity contribution in [2.24, 2.45) is 0 Å². The van der Waals surface area contributed by atoms with Crippen LogP contribution in [0.2, 0.25) is 0 Å². The molecule has 2 atom stereocenters. The van der Waals surface area contributed by atoms with E-state index in [-0.39, 0.29) is 6.10 Å². The van der Waals surface area contributed by atoms with Crippen LogP contribution in [-0.2, 0) is 17.6 Å². The van der Waals surface area contributed by atoms with Crippen LogP contribution in [0.15, 0.2) is 48.5 Å². The number of hydrogen-bond acceptors (Lipinski definition) is 3. The largest absolute Gasteiger partial charge is 0.491 e. The van der Waals surface area contributed by atoms with Crippen LogP contribution in [-0.4, -0.2) is 30.5 Å². The van der Waals surface area contributed by atoms with Crippen molar-refractivity contribution in [3.8, 4) is 5.75 Å². The molecule has 0 aromatic heterocycles. The molecule has 1 saturated heterocycles. The molecular weight excluding hydrogens is 312 g/mol. The van der Waals surface area contributed by atoms with Gasteiger partial charge in [-0.2, -0.15) is 0 Å². The first kappa shape index (κ1) is 18.0. The zero-order chi connectivity index (χ0) is 17.5. The first-order valence-corrected chi connectivity index (χ1v) is 9.32. The van der Waals surface area contributed by atoms with E-state index >= 15 is 0 Å². The van der Waals surface area contributed by atoms with Gasteiger partial charge in [-0.3, -0.25) is 0 Å². The van der Waals surface area contributed by atoms with E-state index in [1.807, 2.05) is 12.1 Å². The molecule has 0 aliphatic carbocycles. The Morgan fingerprint density at radius 3 is 2.24 bits per heavy atom. The molecule has 0 radical (unpaired) electrons. The second-order valence-corrected chi connectivity index (χ2v) is 6.88. The number of aryl methyl sites for hydroxylation is 1. The lowest BCUT2D eigenvalue weighted by atomic mass is 10.0. The third-order valence-corrected chi connectivity index (χ3v) is 4.58. The van der Waals surface area contributed by atoms with Crippen molar-refractivity contribution in [2.75, 3.05) is 13.2 Å². The molecule has 1 aliphatic heterocycles. The lowest BCUT2D eigenvalue weighted by Gasteiger charge is -2.11. The fraction of sp³-hybridized carbons (Fsp3) is 0.455. The molecule has 1 fully saturated rings. The first-order chi connectivity index (χ1) is 12.2. The van der Waals surface area contributed by atoms with E-state index in [0.29, 0.717) is 12.7 Å². The lowest BCUT2D eigenvalue weighted by molar-refractivity contribution is 0.0993. The molecule has 0 spiro atoms. The number of hydrogen-bond donors (Lipinski definition) is 1. The Morgan fingerprint density at radius 1 is 1.04 bits per heavy atom. The average molecular weight is 340 g/mol. The Bertz CT molecular complexity index is 629. The van der Waals surface area contributed by atoms with Crippen molar-refractivity contribution in [3.63, 3.8) is 0 Å². The number of aliphatic hydroxyl groups is 1. The van der Waals surface area contributed by atoms with Crippen molar-refractivity contribution in [3.05, 3.63) is 65.2 Å². The van der Waals surface area contributed by atoms with E-state index in [0.717, 1.165) is 44.5 Å². The number of benzene rings is 2. The summed E-state index contributed by atoms with van der Waals surface area (Å²) in [7, 11) is 0. The highest BCUT2D eigenvalue weighted by atomic mass is 16.6. The zero-order valence-corrected chi connectivity index (χ0v) is 15.0. The Balaban J connectivity index is 1.47. The SMILES string of the molecule is CCCC(O)COc1ccc(Cc2ccc(CCC3CO3)cc2)cc1. The van der Waals surface area contributed by atoms with E-state index < -0.39 is 0 Å². The maximum atomic E-state index is 9.72. The van der Waals surface area contributed by atoms with Gasteiger partial charge in [0.05, 0.1) is 18.8 Å². The Hall–Kier alpha value is -1.84. The van der Waals surface area contributed by atoms with Gasteiger partial charge in [0, 0.05) is 0 Å². The van der Waals surface area contributed by atoms with E-state index in [2.05, 4.69) is 43.3 Å². The molecule has 1 N–H and O–H groups in total. The van der Waals surface area contributed by atoms with Gasteiger partial charge < -0.3 is 14.6 Å². The summed E-state index contributed by atoms with van der Waals surface area (Å²) >= 11 is 0.